The van der Waals surface area contributed by atoms with Crippen molar-refractivity contribution in [1.82, 2.24) is 9.97 Å². The Kier molecular flexibility index (Phi) is 7.41. The van der Waals surface area contributed by atoms with Crippen LogP contribution in [-0.4, -0.2) is 44.8 Å². The van der Waals surface area contributed by atoms with E-state index in [1.54, 1.807) is 38.1 Å². The number of fused-ring (bicyclic) bond motifs is 1. The van der Waals surface area contributed by atoms with Crippen molar-refractivity contribution in [2.75, 3.05) is 25.8 Å². The molecule has 1 N–H and O–H groups in total. The zero-order valence-electron chi connectivity index (χ0n) is 18.5. The molecule has 0 unspecified atom stereocenters. The largest absolute Gasteiger partial charge is 0.497 e. The summed E-state index contributed by atoms with van der Waals surface area (Å²) in [6, 6.07) is 10.5. The molecule has 0 aliphatic heterocycles. The average molecular weight is 536 g/mol. The molecule has 2 aromatic carbocycles. The third-order valence-electron chi connectivity index (χ3n) is 4.68. The number of amides is 1. The minimum absolute atomic E-state index is 0.120. The van der Waals surface area contributed by atoms with E-state index < -0.39 is 9.84 Å². The second-order valence-electron chi connectivity index (χ2n) is 7.26. The van der Waals surface area contributed by atoms with Gasteiger partial charge in [-0.15, -0.1) is 11.3 Å². The molecule has 4 aromatic rings. The van der Waals surface area contributed by atoms with Crippen molar-refractivity contribution in [3.05, 3.63) is 53.0 Å². The SMILES string of the molecule is COc1cc(CSc2nc(CC(=O)Nc3nc4ccc(S(C)(=O)=O)cc4s3)cs2)cc(OC)c1. The van der Waals surface area contributed by atoms with Crippen LogP contribution in [0.3, 0.4) is 0 Å². The number of benzene rings is 2. The van der Waals surface area contributed by atoms with E-state index in [0.29, 0.717) is 26.8 Å². The van der Waals surface area contributed by atoms with Crippen LogP contribution in [0.4, 0.5) is 5.13 Å². The molecular weight excluding hydrogens is 515 g/mol. The number of nitrogens with one attached hydrogen (secondary N) is 1. The van der Waals surface area contributed by atoms with Crippen LogP contribution in [-0.2, 0) is 26.8 Å². The van der Waals surface area contributed by atoms with Crippen molar-refractivity contribution < 1.29 is 22.7 Å². The lowest BCUT2D eigenvalue weighted by Gasteiger charge is -2.07. The van der Waals surface area contributed by atoms with Gasteiger partial charge in [-0.1, -0.05) is 23.1 Å². The van der Waals surface area contributed by atoms with Crippen molar-refractivity contribution in [3.8, 4) is 11.5 Å². The van der Waals surface area contributed by atoms with Crippen molar-refractivity contribution in [1.29, 1.82) is 0 Å². The zero-order valence-corrected chi connectivity index (χ0v) is 21.8. The summed E-state index contributed by atoms with van der Waals surface area (Å²) in [5.41, 5.74) is 2.36. The summed E-state index contributed by atoms with van der Waals surface area (Å²) in [6.07, 6.45) is 1.28. The lowest BCUT2D eigenvalue weighted by Crippen LogP contribution is -2.14. The highest BCUT2D eigenvalue weighted by atomic mass is 32.2. The normalized spacial score (nSPS) is 11.5. The fourth-order valence-electron chi connectivity index (χ4n) is 3.05. The summed E-state index contributed by atoms with van der Waals surface area (Å²) < 4.78 is 35.7. The van der Waals surface area contributed by atoms with Crippen molar-refractivity contribution in [2.24, 2.45) is 0 Å². The summed E-state index contributed by atoms with van der Waals surface area (Å²) in [7, 11) is -0.0741. The summed E-state index contributed by atoms with van der Waals surface area (Å²) in [6.45, 7) is 0. The van der Waals surface area contributed by atoms with Gasteiger partial charge in [-0.25, -0.2) is 18.4 Å². The lowest BCUT2D eigenvalue weighted by molar-refractivity contribution is -0.115. The molecule has 2 aromatic heterocycles. The highest BCUT2D eigenvalue weighted by Crippen LogP contribution is 2.31. The first-order valence-electron chi connectivity index (χ1n) is 9.93. The second kappa shape index (κ2) is 10.3. The van der Waals surface area contributed by atoms with Gasteiger partial charge in [0.05, 0.1) is 41.4 Å². The van der Waals surface area contributed by atoms with Crippen LogP contribution in [0, 0.1) is 0 Å². The Morgan fingerprint density at radius 3 is 2.50 bits per heavy atom. The molecule has 34 heavy (non-hydrogen) atoms. The summed E-state index contributed by atoms with van der Waals surface area (Å²) in [4.78, 5) is 21.6. The minimum Gasteiger partial charge on any atom is -0.497 e. The maximum Gasteiger partial charge on any atom is 0.232 e. The monoisotopic (exact) mass is 535 g/mol. The Bertz CT molecular complexity index is 1420. The van der Waals surface area contributed by atoms with Gasteiger partial charge < -0.3 is 14.8 Å². The Labute approximate surface area is 209 Å². The molecular formula is C22H21N3O5S4. The van der Waals surface area contributed by atoms with E-state index in [0.717, 1.165) is 27.7 Å². The molecule has 8 nitrogen and oxygen atoms in total. The van der Waals surface area contributed by atoms with Crippen LogP contribution in [0.2, 0.25) is 0 Å². The Morgan fingerprint density at radius 2 is 1.82 bits per heavy atom. The summed E-state index contributed by atoms with van der Waals surface area (Å²) >= 11 is 4.29. The molecule has 0 aliphatic carbocycles. The van der Waals surface area contributed by atoms with Gasteiger partial charge in [-0.3, -0.25) is 4.79 Å². The number of sulfone groups is 1. The Balaban J connectivity index is 1.36. The molecule has 1 amide bonds. The van der Waals surface area contributed by atoms with E-state index in [4.69, 9.17) is 9.47 Å². The molecule has 0 radical (unpaired) electrons. The first-order valence-corrected chi connectivity index (χ1v) is 14.5. The molecule has 0 aliphatic rings. The number of hydrogen-bond acceptors (Lipinski definition) is 10. The number of methoxy groups -OCH3 is 2. The number of carbonyl (C=O) groups is 1. The first-order chi connectivity index (χ1) is 16.2. The van der Waals surface area contributed by atoms with E-state index in [2.05, 4.69) is 15.3 Å². The predicted octanol–water partition coefficient (Wildman–Crippen LogP) is 4.65. The Hall–Kier alpha value is -2.67. The van der Waals surface area contributed by atoms with Crippen LogP contribution in [0.5, 0.6) is 11.5 Å². The highest BCUT2D eigenvalue weighted by molar-refractivity contribution is 8.00. The predicted molar refractivity (Wildman–Crippen MR) is 136 cm³/mol. The average Bonchev–Trinajstić information content (AvgIpc) is 3.42. The van der Waals surface area contributed by atoms with E-state index in [9.17, 15) is 13.2 Å². The van der Waals surface area contributed by atoms with Crippen LogP contribution < -0.4 is 14.8 Å². The van der Waals surface area contributed by atoms with Crippen molar-refractivity contribution in [3.63, 3.8) is 0 Å². The molecule has 4 rings (SSSR count). The number of nitrogens with zero attached hydrogens (tertiary/aromatic N) is 2. The van der Waals surface area contributed by atoms with E-state index >= 15 is 0 Å². The third-order valence-corrected chi connectivity index (χ3v) is 8.87. The molecule has 0 bridgehead atoms. The van der Waals surface area contributed by atoms with Gasteiger partial charge in [0.15, 0.2) is 15.0 Å². The first kappa shape index (κ1) is 24.5. The minimum atomic E-state index is -3.31. The molecule has 0 fully saturated rings. The molecule has 178 valence electrons. The van der Waals surface area contributed by atoms with Gasteiger partial charge in [0, 0.05) is 23.5 Å². The maximum absolute atomic E-state index is 12.5. The van der Waals surface area contributed by atoms with Gasteiger partial charge in [0.1, 0.15) is 15.8 Å². The number of ether oxygens (including phenoxy) is 2. The number of thioether (sulfide) groups is 1. The molecule has 0 saturated heterocycles. The van der Waals surface area contributed by atoms with Crippen molar-refractivity contribution in [2.45, 2.75) is 21.4 Å². The van der Waals surface area contributed by atoms with Crippen LogP contribution in [0.15, 0.2) is 51.0 Å². The quantitative estimate of drug-likeness (QED) is 0.309. The van der Waals surface area contributed by atoms with Crippen LogP contribution in [0.25, 0.3) is 10.2 Å². The van der Waals surface area contributed by atoms with Crippen molar-refractivity contribution >= 4 is 65.5 Å². The zero-order chi connectivity index (χ0) is 24.3. The fraction of sp³-hybridized carbons (Fsp3) is 0.227. The number of aromatic nitrogens is 2. The number of thiazole rings is 2. The Morgan fingerprint density at radius 1 is 1.09 bits per heavy atom. The number of carbonyl (C=O) groups excluding carboxylic acids is 1. The number of hydrogen-bond donors (Lipinski definition) is 1. The van der Waals surface area contributed by atoms with E-state index in [1.807, 2.05) is 23.6 Å². The summed E-state index contributed by atoms with van der Waals surface area (Å²) in [5, 5.41) is 5.06. The number of anilines is 1. The fourth-order valence-corrected chi connectivity index (χ4v) is 6.47. The van der Waals surface area contributed by atoms with Gasteiger partial charge in [0.2, 0.25) is 5.91 Å². The van der Waals surface area contributed by atoms with Crippen LogP contribution in [0.1, 0.15) is 11.3 Å². The van der Waals surface area contributed by atoms with Crippen LogP contribution >= 0.6 is 34.4 Å². The third kappa shape index (κ3) is 6.06. The van der Waals surface area contributed by atoms with Gasteiger partial charge in [-0.2, -0.15) is 0 Å². The molecule has 0 saturated carbocycles. The smallest absolute Gasteiger partial charge is 0.232 e. The highest BCUT2D eigenvalue weighted by Gasteiger charge is 2.14. The van der Waals surface area contributed by atoms with E-state index in [-0.39, 0.29) is 17.2 Å². The molecule has 2 heterocycles. The van der Waals surface area contributed by atoms with E-state index in [1.165, 1.54) is 28.7 Å². The molecule has 0 atom stereocenters. The van der Waals surface area contributed by atoms with Gasteiger partial charge in [-0.05, 0) is 35.9 Å². The molecule has 12 heteroatoms. The maximum atomic E-state index is 12.5. The summed E-state index contributed by atoms with van der Waals surface area (Å²) in [5.74, 6) is 1.91. The lowest BCUT2D eigenvalue weighted by atomic mass is 10.2. The van der Waals surface area contributed by atoms with Gasteiger partial charge in [0.25, 0.3) is 0 Å². The molecule has 0 spiro atoms. The standard InChI is InChI=1S/C22H21N3O5S4/c1-29-15-6-13(7-16(9-15)30-2)11-31-22-23-14(12-32-22)8-20(26)25-21-24-18-5-4-17(34(3,27)28)10-19(18)33-21/h4-7,9-10,12H,8,11H2,1-3H3,(H,24,25,26). The van der Waals surface area contributed by atoms with Gasteiger partial charge >= 0.3 is 0 Å². The topological polar surface area (TPSA) is 107 Å². The second-order valence-corrected chi connectivity index (χ2v) is 12.4. The number of rotatable bonds is 9.